The summed E-state index contributed by atoms with van der Waals surface area (Å²) < 4.78 is 9.36. The highest BCUT2D eigenvalue weighted by Crippen LogP contribution is 2.47. The van der Waals surface area contributed by atoms with Crippen LogP contribution in [0.25, 0.3) is 49.1 Å². The van der Waals surface area contributed by atoms with Crippen molar-refractivity contribution in [2.24, 2.45) is 0 Å². The van der Waals surface area contributed by atoms with E-state index in [9.17, 15) is 0 Å². The molecule has 0 saturated heterocycles. The van der Waals surface area contributed by atoms with Gasteiger partial charge in [-0.15, -0.1) is 0 Å². The van der Waals surface area contributed by atoms with Gasteiger partial charge in [0.2, 0.25) is 5.88 Å². The summed E-state index contributed by atoms with van der Waals surface area (Å²) in [4.78, 5) is 4.80. The van der Waals surface area contributed by atoms with E-state index in [0.717, 1.165) is 33.9 Å². The lowest BCUT2D eigenvalue weighted by Gasteiger charge is -2.42. The number of nitrogens with zero attached hydrogens (tertiary/aromatic N) is 3. The monoisotopic (exact) mass is 623 g/mol. The minimum atomic E-state index is -0.0269. The van der Waals surface area contributed by atoms with E-state index >= 15 is 0 Å². The molecule has 7 aromatic carbocycles. The summed E-state index contributed by atoms with van der Waals surface area (Å²) in [5.74, 6) is 0.890. The molecule has 3 aromatic heterocycles. The van der Waals surface area contributed by atoms with Crippen LogP contribution in [0.1, 0.15) is 0 Å². The molecule has 5 heteroatoms. The van der Waals surface area contributed by atoms with Crippen molar-refractivity contribution in [3.63, 3.8) is 0 Å². The Morgan fingerprint density at radius 2 is 1.04 bits per heavy atom. The van der Waals surface area contributed by atoms with Crippen LogP contribution in [0.3, 0.4) is 0 Å². The number of furan rings is 1. The molecule has 0 aliphatic carbocycles. The fourth-order valence-electron chi connectivity index (χ4n) is 9.01. The molecule has 0 spiro atoms. The van der Waals surface area contributed by atoms with Crippen LogP contribution in [-0.4, -0.2) is 11.1 Å². The van der Waals surface area contributed by atoms with E-state index in [1.165, 1.54) is 65.9 Å². The molecule has 0 atom stereocenters. The molecule has 49 heavy (non-hydrogen) atoms. The maximum absolute atomic E-state index is 6.87. The minimum absolute atomic E-state index is 0.0269. The Morgan fingerprint density at radius 1 is 0.429 bits per heavy atom. The number of benzene rings is 7. The number of fused-ring (bicyclic) bond motifs is 12. The third kappa shape index (κ3) is 3.15. The molecule has 0 unspecified atom stereocenters. The quantitative estimate of drug-likeness (QED) is 0.179. The first-order chi connectivity index (χ1) is 24.3. The highest BCUT2D eigenvalue weighted by Gasteiger charge is 2.46. The molecule has 0 amide bonds. The number of aromatic nitrogens is 1. The fraction of sp³-hybridized carbons (Fsp3) is 0. The van der Waals surface area contributed by atoms with Gasteiger partial charge in [0.15, 0.2) is 0 Å². The predicted octanol–water partition coefficient (Wildman–Crippen LogP) is 9.67. The van der Waals surface area contributed by atoms with Crippen LogP contribution in [0, 0.1) is 0 Å². The summed E-state index contributed by atoms with van der Waals surface area (Å²) in [7, 11) is 0. The van der Waals surface area contributed by atoms with Gasteiger partial charge in [0.25, 0.3) is 6.71 Å². The average Bonchev–Trinajstić information content (AvgIpc) is 3.82. The first-order valence-corrected chi connectivity index (χ1v) is 16.9. The van der Waals surface area contributed by atoms with Crippen molar-refractivity contribution in [1.29, 1.82) is 0 Å². The third-order valence-electron chi connectivity index (χ3n) is 10.9. The number of rotatable bonds is 2. The second kappa shape index (κ2) is 9.12. The lowest BCUT2D eigenvalue weighted by Crippen LogP contribution is -2.61. The van der Waals surface area contributed by atoms with Crippen molar-refractivity contribution in [3.8, 4) is 0 Å². The van der Waals surface area contributed by atoms with Crippen LogP contribution in [-0.2, 0) is 0 Å². The maximum atomic E-state index is 6.87. The summed E-state index contributed by atoms with van der Waals surface area (Å²) in [6.45, 7) is -0.0269. The van der Waals surface area contributed by atoms with E-state index in [-0.39, 0.29) is 6.71 Å². The Bertz CT molecular complexity index is 2960. The molecule has 0 fully saturated rings. The standard InChI is InChI=1S/C44H26BN3O/c1-3-13-27(14-4-1)46-36-22-12-23-37-42(36)45(41-32-18-8-10-24-40(32)49-44(41)47(37)28-15-5-2-6-16-28)34-25-33-31-20-11-19-30-29-17-7-9-21-35(29)48(43(30)31)38(33)26-39(34)46/h1-26H. The topological polar surface area (TPSA) is 24.0 Å². The van der Waals surface area contributed by atoms with Gasteiger partial charge in [-0.2, -0.15) is 0 Å². The maximum Gasteiger partial charge on any atom is 0.257 e. The SMILES string of the molecule is c1ccc(N2c3cc4c(cc3B3c5c2cccc5N(c2ccccc2)c2oc5ccccc5c23)c2cccc3c5ccccc5n4c32)cc1. The second-order valence-corrected chi connectivity index (χ2v) is 13.3. The molecule has 5 heterocycles. The van der Waals surface area contributed by atoms with E-state index in [0.29, 0.717) is 0 Å². The molecule has 226 valence electrons. The second-order valence-electron chi connectivity index (χ2n) is 13.3. The van der Waals surface area contributed by atoms with Gasteiger partial charge in [0.05, 0.1) is 16.6 Å². The van der Waals surface area contributed by atoms with Crippen molar-refractivity contribution in [3.05, 3.63) is 158 Å². The molecule has 10 aromatic rings. The highest BCUT2D eigenvalue weighted by molar-refractivity contribution is 7.01. The highest BCUT2D eigenvalue weighted by atomic mass is 16.4. The van der Waals surface area contributed by atoms with Crippen molar-refractivity contribution < 1.29 is 4.42 Å². The minimum Gasteiger partial charge on any atom is -0.440 e. The largest absolute Gasteiger partial charge is 0.440 e. The summed E-state index contributed by atoms with van der Waals surface area (Å²) in [5.41, 5.74) is 14.2. The lowest BCUT2D eigenvalue weighted by atomic mass is 9.33. The normalized spacial score (nSPS) is 13.6. The number of para-hydroxylation sites is 5. The predicted molar refractivity (Wildman–Crippen MR) is 205 cm³/mol. The zero-order chi connectivity index (χ0) is 31.8. The number of hydrogen-bond donors (Lipinski definition) is 0. The molecular weight excluding hydrogens is 597 g/mol. The molecule has 4 nitrogen and oxygen atoms in total. The molecule has 2 aliphatic heterocycles. The Morgan fingerprint density at radius 3 is 1.84 bits per heavy atom. The van der Waals surface area contributed by atoms with Gasteiger partial charge >= 0.3 is 0 Å². The van der Waals surface area contributed by atoms with E-state index in [4.69, 9.17) is 4.42 Å². The molecule has 0 N–H and O–H groups in total. The van der Waals surface area contributed by atoms with Crippen molar-refractivity contribution in [2.45, 2.75) is 0 Å². The van der Waals surface area contributed by atoms with Crippen LogP contribution < -0.4 is 26.2 Å². The average molecular weight is 624 g/mol. The summed E-state index contributed by atoms with van der Waals surface area (Å²) >= 11 is 0. The zero-order valence-corrected chi connectivity index (χ0v) is 26.3. The molecule has 2 aliphatic rings. The van der Waals surface area contributed by atoms with Crippen molar-refractivity contribution in [1.82, 2.24) is 4.40 Å². The smallest absolute Gasteiger partial charge is 0.257 e. The van der Waals surface area contributed by atoms with Crippen LogP contribution in [0.5, 0.6) is 0 Å². The van der Waals surface area contributed by atoms with Crippen LogP contribution >= 0.6 is 0 Å². The van der Waals surface area contributed by atoms with E-state index < -0.39 is 0 Å². The molecule has 0 bridgehead atoms. The van der Waals surface area contributed by atoms with Gasteiger partial charge in [-0.1, -0.05) is 103 Å². The Labute approximate surface area is 282 Å². The van der Waals surface area contributed by atoms with Crippen molar-refractivity contribution >= 4 is 106 Å². The van der Waals surface area contributed by atoms with E-state index in [2.05, 4.69) is 172 Å². The fourth-order valence-corrected chi connectivity index (χ4v) is 9.01. The van der Waals surface area contributed by atoms with Crippen LogP contribution in [0.15, 0.2) is 162 Å². The molecule has 0 saturated carbocycles. The van der Waals surface area contributed by atoms with Crippen LogP contribution in [0.4, 0.5) is 34.3 Å². The van der Waals surface area contributed by atoms with E-state index in [1.807, 2.05) is 0 Å². The van der Waals surface area contributed by atoms with Gasteiger partial charge in [0, 0.05) is 60.8 Å². The van der Waals surface area contributed by atoms with Gasteiger partial charge in [-0.25, -0.2) is 0 Å². The van der Waals surface area contributed by atoms with Gasteiger partial charge in [-0.3, -0.25) is 4.90 Å². The Hall–Kier alpha value is -6.46. The van der Waals surface area contributed by atoms with Crippen molar-refractivity contribution in [2.75, 3.05) is 9.80 Å². The Balaban J connectivity index is 1.27. The van der Waals surface area contributed by atoms with E-state index in [1.54, 1.807) is 0 Å². The molecule has 0 radical (unpaired) electrons. The number of anilines is 6. The van der Waals surface area contributed by atoms with Gasteiger partial charge in [0.1, 0.15) is 5.58 Å². The van der Waals surface area contributed by atoms with Crippen LogP contribution in [0.2, 0.25) is 0 Å². The summed E-state index contributed by atoms with van der Waals surface area (Å²) in [6, 6.07) is 57.3. The van der Waals surface area contributed by atoms with Gasteiger partial charge in [-0.05, 0) is 65.5 Å². The summed E-state index contributed by atoms with van der Waals surface area (Å²) in [5, 5.41) is 6.31. The summed E-state index contributed by atoms with van der Waals surface area (Å²) in [6.07, 6.45) is 0. The Kier molecular flexibility index (Phi) is 4.77. The molecule has 12 rings (SSSR count). The first-order valence-electron chi connectivity index (χ1n) is 16.9. The first kappa shape index (κ1) is 25.6. The third-order valence-corrected chi connectivity index (χ3v) is 10.9. The molecular formula is C44H26BN3O. The lowest BCUT2D eigenvalue weighted by molar-refractivity contribution is 0.623. The number of hydrogen-bond acceptors (Lipinski definition) is 3. The van der Waals surface area contributed by atoms with Gasteiger partial charge < -0.3 is 13.7 Å². The zero-order valence-electron chi connectivity index (χ0n) is 26.3.